The molecule has 1 rings (SSSR count). The molecule has 1 aromatic rings. The molecule has 0 saturated heterocycles. The third kappa shape index (κ3) is 1.41. The fraction of sp³-hybridized carbons (Fsp3) is 0.125. The molecule has 0 spiro atoms. The quantitative estimate of drug-likeness (QED) is 0.628. The van der Waals surface area contributed by atoms with Crippen LogP contribution in [0.25, 0.3) is 0 Å². The molecule has 0 saturated carbocycles. The molecule has 1 nitrogen and oxygen atoms in total. The van der Waals surface area contributed by atoms with Crippen molar-refractivity contribution >= 4 is 11.8 Å². The lowest BCUT2D eigenvalue weighted by atomic mass is 10.2. The summed E-state index contributed by atoms with van der Waals surface area (Å²) in [6.45, 7) is 0. The molecule has 62 valence electrons. The first kappa shape index (κ1) is 9.01. The summed E-state index contributed by atoms with van der Waals surface area (Å²) in [5.74, 6) is -1.40. The van der Waals surface area contributed by atoms with Crippen molar-refractivity contribution in [1.29, 1.82) is 5.26 Å². The molecule has 0 atom stereocenters. The minimum atomic E-state index is -0.773. The first-order chi connectivity index (χ1) is 5.70. The van der Waals surface area contributed by atoms with Gasteiger partial charge in [-0.3, -0.25) is 0 Å². The molecule has 4 heteroatoms. The standard InChI is InChI=1S/C8H5F2NS/c1-12-8-6(9)3-2-5(4-11)7(8)10/h2-3H,1H3. The Kier molecular flexibility index (Phi) is 2.66. The zero-order valence-electron chi connectivity index (χ0n) is 6.27. The molecule has 1 aromatic carbocycles. The molecule has 0 aliphatic rings. The van der Waals surface area contributed by atoms with Crippen LogP contribution in [0, 0.1) is 23.0 Å². The largest absolute Gasteiger partial charge is 0.206 e. The summed E-state index contributed by atoms with van der Waals surface area (Å²) in [7, 11) is 0. The highest BCUT2D eigenvalue weighted by Gasteiger charge is 2.11. The average molecular weight is 185 g/mol. The Balaban J connectivity index is 3.36. The summed E-state index contributed by atoms with van der Waals surface area (Å²) in [5, 5.41) is 8.41. The highest BCUT2D eigenvalue weighted by molar-refractivity contribution is 7.98. The molecule has 0 aliphatic heterocycles. The molecule has 0 aliphatic carbocycles. The summed E-state index contributed by atoms with van der Waals surface area (Å²) in [6, 6.07) is 3.86. The van der Waals surface area contributed by atoms with Gasteiger partial charge in [0.25, 0.3) is 0 Å². The van der Waals surface area contributed by atoms with E-state index in [0.717, 1.165) is 23.9 Å². The summed E-state index contributed by atoms with van der Waals surface area (Å²) in [5.41, 5.74) is -0.124. The van der Waals surface area contributed by atoms with Crippen LogP contribution in [0.15, 0.2) is 17.0 Å². The van der Waals surface area contributed by atoms with Crippen LogP contribution in [0.4, 0.5) is 8.78 Å². The number of nitriles is 1. The van der Waals surface area contributed by atoms with E-state index in [0.29, 0.717) is 0 Å². The molecule has 0 bridgehead atoms. The van der Waals surface area contributed by atoms with Gasteiger partial charge in [0.1, 0.15) is 11.9 Å². The molecule has 0 amide bonds. The second-order valence-electron chi connectivity index (χ2n) is 2.05. The van der Waals surface area contributed by atoms with Gasteiger partial charge in [0.05, 0.1) is 10.5 Å². The number of hydrogen-bond donors (Lipinski definition) is 0. The van der Waals surface area contributed by atoms with E-state index in [9.17, 15) is 8.78 Å². The molecule has 0 heterocycles. The van der Waals surface area contributed by atoms with Crippen LogP contribution in [-0.4, -0.2) is 6.26 Å². The normalized spacial score (nSPS) is 9.50. The molecule has 0 fully saturated rings. The van der Waals surface area contributed by atoms with E-state index in [1.165, 1.54) is 0 Å². The van der Waals surface area contributed by atoms with E-state index >= 15 is 0 Å². The number of nitrogens with zero attached hydrogens (tertiary/aromatic N) is 1. The number of benzene rings is 1. The third-order valence-electron chi connectivity index (χ3n) is 1.37. The summed E-state index contributed by atoms with van der Waals surface area (Å²) >= 11 is 0.950. The van der Waals surface area contributed by atoms with Crippen molar-refractivity contribution in [2.24, 2.45) is 0 Å². The van der Waals surface area contributed by atoms with Crippen LogP contribution in [0.5, 0.6) is 0 Å². The Labute approximate surface area is 73.0 Å². The van der Waals surface area contributed by atoms with E-state index in [1.54, 1.807) is 12.3 Å². The second kappa shape index (κ2) is 3.55. The summed E-state index contributed by atoms with van der Waals surface area (Å²) in [6.07, 6.45) is 1.56. The Morgan fingerprint density at radius 1 is 1.42 bits per heavy atom. The summed E-state index contributed by atoms with van der Waals surface area (Å²) < 4.78 is 25.8. The van der Waals surface area contributed by atoms with Crippen LogP contribution in [-0.2, 0) is 0 Å². The van der Waals surface area contributed by atoms with E-state index < -0.39 is 11.6 Å². The van der Waals surface area contributed by atoms with Crippen LogP contribution in [0.3, 0.4) is 0 Å². The minimum absolute atomic E-state index is 0.103. The van der Waals surface area contributed by atoms with Gasteiger partial charge in [0, 0.05) is 0 Å². The Morgan fingerprint density at radius 3 is 2.58 bits per heavy atom. The van der Waals surface area contributed by atoms with E-state index in [4.69, 9.17) is 5.26 Å². The molecular weight excluding hydrogens is 180 g/mol. The van der Waals surface area contributed by atoms with Gasteiger partial charge in [-0.15, -0.1) is 11.8 Å². The van der Waals surface area contributed by atoms with Crippen molar-refractivity contribution in [3.63, 3.8) is 0 Å². The monoisotopic (exact) mass is 185 g/mol. The van der Waals surface area contributed by atoms with Crippen LogP contribution in [0.2, 0.25) is 0 Å². The molecule has 0 aromatic heterocycles. The Morgan fingerprint density at radius 2 is 2.08 bits per heavy atom. The molecule has 0 N–H and O–H groups in total. The Bertz CT molecular complexity index is 344. The van der Waals surface area contributed by atoms with Crippen molar-refractivity contribution in [2.45, 2.75) is 4.90 Å². The SMILES string of the molecule is CSc1c(F)ccc(C#N)c1F. The zero-order chi connectivity index (χ0) is 9.14. The van der Waals surface area contributed by atoms with Gasteiger partial charge in [0.2, 0.25) is 0 Å². The first-order valence-electron chi connectivity index (χ1n) is 3.12. The average Bonchev–Trinajstić information content (AvgIpc) is 2.06. The van der Waals surface area contributed by atoms with Crippen molar-refractivity contribution in [1.82, 2.24) is 0 Å². The number of thioether (sulfide) groups is 1. The fourth-order valence-electron chi connectivity index (χ4n) is 0.806. The molecule has 12 heavy (non-hydrogen) atoms. The minimum Gasteiger partial charge on any atom is -0.206 e. The lowest BCUT2D eigenvalue weighted by Crippen LogP contribution is -1.90. The number of halogens is 2. The van der Waals surface area contributed by atoms with Gasteiger partial charge in [-0.05, 0) is 18.4 Å². The predicted molar refractivity (Wildman–Crippen MR) is 42.9 cm³/mol. The van der Waals surface area contributed by atoms with Gasteiger partial charge < -0.3 is 0 Å². The second-order valence-corrected chi connectivity index (χ2v) is 2.87. The third-order valence-corrected chi connectivity index (χ3v) is 2.16. The molecule has 0 unspecified atom stereocenters. The maximum Gasteiger partial charge on any atom is 0.157 e. The lowest BCUT2D eigenvalue weighted by Gasteiger charge is -2.01. The van der Waals surface area contributed by atoms with E-state index in [-0.39, 0.29) is 10.5 Å². The smallest absolute Gasteiger partial charge is 0.157 e. The maximum atomic E-state index is 13.1. The molecule has 0 radical (unpaired) electrons. The highest BCUT2D eigenvalue weighted by Crippen LogP contribution is 2.24. The highest BCUT2D eigenvalue weighted by atomic mass is 32.2. The lowest BCUT2D eigenvalue weighted by molar-refractivity contribution is 0.538. The summed E-state index contributed by atoms with van der Waals surface area (Å²) in [4.78, 5) is -0.103. The van der Waals surface area contributed by atoms with Gasteiger partial charge in [-0.2, -0.15) is 5.26 Å². The maximum absolute atomic E-state index is 13.1. The van der Waals surface area contributed by atoms with Gasteiger partial charge >= 0.3 is 0 Å². The topological polar surface area (TPSA) is 23.8 Å². The number of rotatable bonds is 1. The van der Waals surface area contributed by atoms with Crippen LogP contribution < -0.4 is 0 Å². The zero-order valence-corrected chi connectivity index (χ0v) is 7.08. The van der Waals surface area contributed by atoms with Crippen LogP contribution in [0.1, 0.15) is 5.56 Å². The van der Waals surface area contributed by atoms with Gasteiger partial charge in [-0.1, -0.05) is 0 Å². The van der Waals surface area contributed by atoms with Crippen molar-refractivity contribution in [2.75, 3.05) is 6.26 Å². The van der Waals surface area contributed by atoms with Crippen LogP contribution >= 0.6 is 11.8 Å². The van der Waals surface area contributed by atoms with Gasteiger partial charge in [0.15, 0.2) is 5.82 Å². The van der Waals surface area contributed by atoms with E-state index in [2.05, 4.69) is 0 Å². The van der Waals surface area contributed by atoms with E-state index in [1.807, 2.05) is 0 Å². The Hall–Kier alpha value is -1.08. The fourth-order valence-corrected chi connectivity index (χ4v) is 1.36. The van der Waals surface area contributed by atoms with Gasteiger partial charge in [-0.25, -0.2) is 8.78 Å². The first-order valence-corrected chi connectivity index (χ1v) is 4.35. The number of hydrogen-bond acceptors (Lipinski definition) is 2. The van der Waals surface area contributed by atoms with Crippen molar-refractivity contribution < 1.29 is 8.78 Å². The van der Waals surface area contributed by atoms with Crippen molar-refractivity contribution in [3.05, 3.63) is 29.3 Å². The van der Waals surface area contributed by atoms with Crippen molar-refractivity contribution in [3.8, 4) is 6.07 Å². The predicted octanol–water partition coefficient (Wildman–Crippen LogP) is 2.56. The molecular formula is C8H5F2NS.